The first kappa shape index (κ1) is 13.0. The molecule has 1 saturated carbocycles. The largest absolute Gasteiger partial charge is 0.339 e. The second-order valence-electron chi connectivity index (χ2n) is 6.36. The van der Waals surface area contributed by atoms with Crippen LogP contribution in [0.2, 0.25) is 0 Å². The van der Waals surface area contributed by atoms with E-state index in [4.69, 9.17) is 4.52 Å². The van der Waals surface area contributed by atoms with Crippen molar-refractivity contribution in [2.24, 2.45) is 5.41 Å². The summed E-state index contributed by atoms with van der Waals surface area (Å²) in [5.41, 5.74) is 0.341. The molecule has 0 radical (unpaired) electrons. The fraction of sp³-hybridized carbons (Fsp3) is 0.667. The van der Waals surface area contributed by atoms with Crippen molar-refractivity contribution in [1.29, 1.82) is 0 Å². The van der Waals surface area contributed by atoms with Crippen molar-refractivity contribution in [1.82, 2.24) is 25.2 Å². The van der Waals surface area contributed by atoms with E-state index in [0.717, 1.165) is 19.0 Å². The lowest BCUT2D eigenvalue weighted by atomic mass is 9.67. The molecular formula is C15H21N5O. The van der Waals surface area contributed by atoms with Gasteiger partial charge in [0.25, 0.3) is 0 Å². The van der Waals surface area contributed by atoms with E-state index < -0.39 is 0 Å². The zero-order valence-electron chi connectivity index (χ0n) is 12.2. The Bertz CT molecular complexity index is 585. The minimum Gasteiger partial charge on any atom is -0.339 e. The average molecular weight is 287 g/mol. The maximum atomic E-state index is 5.58. The minimum atomic E-state index is 0.341. The Labute approximate surface area is 123 Å². The summed E-state index contributed by atoms with van der Waals surface area (Å²) < 4.78 is 7.40. The van der Waals surface area contributed by atoms with Crippen LogP contribution < -0.4 is 5.32 Å². The molecule has 1 spiro atoms. The molecule has 1 N–H and O–H groups in total. The molecule has 6 nitrogen and oxygen atoms in total. The van der Waals surface area contributed by atoms with Crippen molar-refractivity contribution in [2.45, 2.75) is 44.6 Å². The van der Waals surface area contributed by atoms with Crippen molar-refractivity contribution in [3.8, 4) is 0 Å². The summed E-state index contributed by atoms with van der Waals surface area (Å²) in [5.74, 6) is 1.90. The molecule has 6 heteroatoms. The first-order valence-electron chi connectivity index (χ1n) is 7.86. The number of hydrogen-bond donors (Lipinski definition) is 1. The van der Waals surface area contributed by atoms with Crippen molar-refractivity contribution < 1.29 is 4.52 Å². The summed E-state index contributed by atoms with van der Waals surface area (Å²) in [4.78, 5) is 4.64. The Hall–Kier alpha value is -1.69. The minimum absolute atomic E-state index is 0.341. The lowest BCUT2D eigenvalue weighted by molar-refractivity contribution is 0.165. The Morgan fingerprint density at radius 2 is 2.24 bits per heavy atom. The van der Waals surface area contributed by atoms with Crippen LogP contribution in [0, 0.1) is 5.41 Å². The third-order valence-corrected chi connectivity index (χ3v) is 5.06. The van der Waals surface area contributed by atoms with Crippen molar-refractivity contribution in [2.75, 3.05) is 13.1 Å². The zero-order chi connectivity index (χ0) is 14.1. The Morgan fingerprint density at radius 1 is 1.33 bits per heavy atom. The smallest absolute Gasteiger partial charge is 0.231 e. The van der Waals surface area contributed by atoms with E-state index in [1.807, 2.05) is 16.9 Å². The molecule has 0 amide bonds. The lowest BCUT2D eigenvalue weighted by Gasteiger charge is -2.36. The van der Waals surface area contributed by atoms with E-state index in [2.05, 4.69) is 20.6 Å². The first-order chi connectivity index (χ1) is 10.4. The van der Waals surface area contributed by atoms with Gasteiger partial charge in [-0.25, -0.2) is 0 Å². The molecule has 1 aliphatic heterocycles. The summed E-state index contributed by atoms with van der Waals surface area (Å²) in [7, 11) is 0. The number of nitrogens with zero attached hydrogens (tertiary/aromatic N) is 4. The highest BCUT2D eigenvalue weighted by Crippen LogP contribution is 2.48. The van der Waals surface area contributed by atoms with Gasteiger partial charge in [-0.2, -0.15) is 10.1 Å². The molecule has 2 aliphatic rings. The van der Waals surface area contributed by atoms with Crippen LogP contribution in [-0.4, -0.2) is 33.0 Å². The van der Waals surface area contributed by atoms with Crippen LogP contribution in [0.1, 0.15) is 49.7 Å². The molecule has 2 fully saturated rings. The van der Waals surface area contributed by atoms with Gasteiger partial charge in [-0.3, -0.25) is 4.68 Å². The number of aromatic nitrogens is 4. The van der Waals surface area contributed by atoms with Crippen LogP contribution in [0.4, 0.5) is 0 Å². The third kappa shape index (κ3) is 2.37. The highest BCUT2D eigenvalue weighted by atomic mass is 16.5. The quantitative estimate of drug-likeness (QED) is 0.934. The number of nitrogens with one attached hydrogen (secondary N) is 1. The van der Waals surface area contributed by atoms with E-state index >= 15 is 0 Å². The predicted octanol–water partition coefficient (Wildman–Crippen LogP) is 1.95. The monoisotopic (exact) mass is 287 g/mol. The zero-order valence-corrected chi connectivity index (χ0v) is 12.2. The van der Waals surface area contributed by atoms with E-state index in [-0.39, 0.29) is 0 Å². The first-order valence-corrected chi connectivity index (χ1v) is 7.86. The Morgan fingerprint density at radius 3 is 3.05 bits per heavy atom. The van der Waals surface area contributed by atoms with Gasteiger partial charge in [-0.1, -0.05) is 24.4 Å². The van der Waals surface area contributed by atoms with Crippen LogP contribution in [0.25, 0.3) is 0 Å². The van der Waals surface area contributed by atoms with E-state index in [9.17, 15) is 0 Å². The molecule has 0 aromatic carbocycles. The number of rotatable bonds is 3. The highest BCUT2D eigenvalue weighted by molar-refractivity contribution is 5.10. The fourth-order valence-electron chi connectivity index (χ4n) is 3.95. The van der Waals surface area contributed by atoms with Gasteiger partial charge in [0.1, 0.15) is 6.54 Å². The van der Waals surface area contributed by atoms with Gasteiger partial charge in [-0.05, 0) is 24.3 Å². The summed E-state index contributed by atoms with van der Waals surface area (Å²) in [5, 5.41) is 11.9. The maximum Gasteiger partial charge on any atom is 0.231 e. The molecule has 1 aliphatic carbocycles. The van der Waals surface area contributed by atoms with E-state index in [0.29, 0.717) is 23.7 Å². The van der Waals surface area contributed by atoms with Gasteiger partial charge < -0.3 is 9.84 Å². The molecule has 1 saturated heterocycles. The van der Waals surface area contributed by atoms with Crippen molar-refractivity contribution in [3.63, 3.8) is 0 Å². The molecule has 21 heavy (non-hydrogen) atoms. The highest BCUT2D eigenvalue weighted by Gasteiger charge is 2.46. The van der Waals surface area contributed by atoms with Crippen LogP contribution in [0.3, 0.4) is 0 Å². The van der Waals surface area contributed by atoms with Gasteiger partial charge in [0.05, 0.1) is 5.92 Å². The van der Waals surface area contributed by atoms with Gasteiger partial charge in [0.15, 0.2) is 5.82 Å². The standard InChI is InChI=1S/C15H21N5O/c1-2-5-15(6-3-1)11-16-9-12(15)14-18-13(19-21-14)10-20-8-4-7-17-20/h4,7-8,12,16H,1-3,5-6,9-11H2. The molecule has 112 valence electrons. The molecular weight excluding hydrogens is 266 g/mol. The second kappa shape index (κ2) is 5.26. The molecule has 3 heterocycles. The van der Waals surface area contributed by atoms with Crippen LogP contribution >= 0.6 is 0 Å². The average Bonchev–Trinajstić information content (AvgIpc) is 3.22. The number of hydrogen-bond acceptors (Lipinski definition) is 5. The summed E-state index contributed by atoms with van der Waals surface area (Å²) >= 11 is 0. The Kier molecular flexibility index (Phi) is 3.25. The van der Waals surface area contributed by atoms with Crippen molar-refractivity contribution >= 4 is 0 Å². The van der Waals surface area contributed by atoms with Crippen molar-refractivity contribution in [3.05, 3.63) is 30.2 Å². The predicted molar refractivity (Wildman–Crippen MR) is 76.8 cm³/mol. The van der Waals surface area contributed by atoms with Gasteiger partial charge in [0.2, 0.25) is 5.89 Å². The topological polar surface area (TPSA) is 68.8 Å². The van der Waals surface area contributed by atoms with Crippen LogP contribution in [0.5, 0.6) is 0 Å². The molecule has 4 rings (SSSR count). The second-order valence-corrected chi connectivity index (χ2v) is 6.36. The van der Waals surface area contributed by atoms with Gasteiger partial charge >= 0.3 is 0 Å². The SMILES string of the molecule is c1cnn(Cc2noc(C3CNCC34CCCCC4)n2)c1. The summed E-state index contributed by atoms with van der Waals surface area (Å²) in [6.45, 7) is 2.63. The lowest BCUT2D eigenvalue weighted by Crippen LogP contribution is -2.31. The molecule has 0 bridgehead atoms. The van der Waals surface area contributed by atoms with E-state index in [1.165, 1.54) is 32.1 Å². The van der Waals surface area contributed by atoms with Crippen LogP contribution in [-0.2, 0) is 6.54 Å². The molecule has 1 unspecified atom stereocenters. The molecule has 2 aromatic rings. The fourth-order valence-corrected chi connectivity index (χ4v) is 3.95. The van der Waals surface area contributed by atoms with Gasteiger partial charge in [0, 0.05) is 25.5 Å². The van der Waals surface area contributed by atoms with Gasteiger partial charge in [-0.15, -0.1) is 0 Å². The normalized spacial score (nSPS) is 24.7. The Balaban J connectivity index is 1.54. The summed E-state index contributed by atoms with van der Waals surface area (Å²) in [6, 6.07) is 1.90. The van der Waals surface area contributed by atoms with Crippen LogP contribution in [0.15, 0.2) is 23.0 Å². The molecule has 2 aromatic heterocycles. The maximum absolute atomic E-state index is 5.58. The summed E-state index contributed by atoms with van der Waals surface area (Å²) in [6.07, 6.45) is 10.2. The third-order valence-electron chi connectivity index (χ3n) is 5.06. The van der Waals surface area contributed by atoms with E-state index in [1.54, 1.807) is 6.20 Å². The molecule has 1 atom stereocenters.